The van der Waals surface area contributed by atoms with Gasteiger partial charge in [-0.2, -0.15) is 0 Å². The average Bonchev–Trinajstić information content (AvgIpc) is 3.46. The van der Waals surface area contributed by atoms with E-state index in [1.165, 1.54) is 54.2 Å². The number of ether oxygens (including phenoxy) is 1. The molecular formula is C23H26N6O7S3. The summed E-state index contributed by atoms with van der Waals surface area (Å²) < 4.78 is 5.53. The number of hydrogen-bond acceptors (Lipinski definition) is 10. The maximum Gasteiger partial charge on any atom is 0.352 e. The average molecular weight is 595 g/mol. The molecule has 1 fully saturated rings. The molecule has 4 amide bonds. The Morgan fingerprint density at radius 3 is 2.82 bits per heavy atom. The second-order valence-corrected chi connectivity index (χ2v) is 11.5. The minimum Gasteiger partial charge on any atom is -0.594 e. The van der Waals surface area contributed by atoms with E-state index in [0.29, 0.717) is 33.3 Å². The Bertz CT molecular complexity index is 1290. The summed E-state index contributed by atoms with van der Waals surface area (Å²) in [5.74, 6) is -2.30. The minimum absolute atomic E-state index is 0.186. The number of aliphatic carboxylic acids is 1. The first-order valence-electron chi connectivity index (χ1n) is 11.8. The zero-order valence-corrected chi connectivity index (χ0v) is 23.4. The molecule has 2 unspecified atom stereocenters. The van der Waals surface area contributed by atoms with Crippen LogP contribution in [-0.2, 0) is 19.1 Å². The second-order valence-electron chi connectivity index (χ2n) is 8.41. The molecular weight excluding hydrogens is 568 g/mol. The molecule has 2 aliphatic heterocycles. The number of nitrogens with one attached hydrogen (secondary N) is 3. The number of β-lactam (4-membered cyclic amide) rings is 1. The molecule has 2 aromatic rings. The molecule has 0 aliphatic carbocycles. The highest BCUT2D eigenvalue weighted by Crippen LogP contribution is 2.47. The van der Waals surface area contributed by atoms with E-state index in [2.05, 4.69) is 21.0 Å². The third-order valence-electron chi connectivity index (χ3n) is 5.89. The number of aromatic nitrogens is 2. The molecule has 4 rings (SSSR count). The smallest absolute Gasteiger partial charge is 0.352 e. The van der Waals surface area contributed by atoms with Crippen LogP contribution in [0.2, 0.25) is 0 Å². The summed E-state index contributed by atoms with van der Waals surface area (Å²) in [5, 5.41) is 34.4. The van der Waals surface area contributed by atoms with E-state index in [-0.39, 0.29) is 17.2 Å². The van der Waals surface area contributed by atoms with Gasteiger partial charge in [0.25, 0.3) is 17.5 Å². The van der Waals surface area contributed by atoms with Crippen LogP contribution in [0.4, 0.5) is 4.79 Å². The fraction of sp³-hybridized carbons (Fsp3) is 0.391. The number of carboxylic acid groups (broad SMARTS) is 1. The van der Waals surface area contributed by atoms with Crippen LogP contribution in [0, 0.1) is 5.21 Å². The SMILES string of the molecule is CCCNC(=O)NC(C(=O)N[C@]1(OC)C(=O)N2C(C(=O)O)=C(CSc3ccc[n+]([O-])n3)CSC21)c1cccs1. The van der Waals surface area contributed by atoms with Gasteiger partial charge in [0.1, 0.15) is 17.1 Å². The number of urea groups is 1. The van der Waals surface area contributed by atoms with E-state index in [0.717, 1.165) is 4.90 Å². The third kappa shape index (κ3) is 5.83. The predicted octanol–water partition coefficient (Wildman–Crippen LogP) is 1.03. The number of amides is 4. The van der Waals surface area contributed by atoms with Crippen LogP contribution in [0.3, 0.4) is 0 Å². The number of nitrogens with zero attached hydrogens (tertiary/aromatic N) is 3. The van der Waals surface area contributed by atoms with Gasteiger partial charge >= 0.3 is 12.0 Å². The van der Waals surface area contributed by atoms with Crippen molar-refractivity contribution < 1.29 is 33.9 Å². The Morgan fingerprint density at radius 2 is 2.18 bits per heavy atom. The summed E-state index contributed by atoms with van der Waals surface area (Å²) in [4.78, 5) is 53.5. The van der Waals surface area contributed by atoms with Crippen LogP contribution in [0.25, 0.3) is 0 Å². The fourth-order valence-corrected chi connectivity index (χ4v) is 7.27. The molecule has 0 aromatic carbocycles. The molecule has 2 aromatic heterocycles. The molecule has 13 nitrogen and oxygen atoms in total. The quantitative estimate of drug-likeness (QED) is 0.0966. The van der Waals surface area contributed by atoms with Gasteiger partial charge in [0, 0.05) is 41.2 Å². The number of fused-ring (bicyclic) bond motifs is 1. The molecule has 208 valence electrons. The monoisotopic (exact) mass is 594 g/mol. The van der Waals surface area contributed by atoms with Crippen molar-refractivity contribution in [3.8, 4) is 0 Å². The van der Waals surface area contributed by atoms with Crippen molar-refractivity contribution in [2.75, 3.05) is 25.2 Å². The lowest BCUT2D eigenvalue weighted by Gasteiger charge is -2.56. The van der Waals surface area contributed by atoms with E-state index in [4.69, 9.17) is 4.74 Å². The van der Waals surface area contributed by atoms with Crippen LogP contribution < -0.4 is 20.8 Å². The number of thioether (sulfide) groups is 2. The van der Waals surface area contributed by atoms with Crippen LogP contribution in [0.5, 0.6) is 0 Å². The summed E-state index contributed by atoms with van der Waals surface area (Å²) >= 11 is 3.67. The highest BCUT2D eigenvalue weighted by molar-refractivity contribution is 8.01. The molecule has 1 saturated heterocycles. The Hall–Kier alpha value is -3.34. The molecule has 0 saturated carbocycles. The molecule has 0 radical (unpaired) electrons. The van der Waals surface area contributed by atoms with Crippen LogP contribution in [0.15, 0.2) is 52.1 Å². The molecule has 39 heavy (non-hydrogen) atoms. The van der Waals surface area contributed by atoms with Crippen LogP contribution in [-0.4, -0.2) is 75.2 Å². The lowest BCUT2D eigenvalue weighted by Crippen LogP contribution is -2.81. The summed E-state index contributed by atoms with van der Waals surface area (Å²) in [7, 11) is 1.26. The number of carbonyl (C=O) groups excluding carboxylic acids is 3. The first kappa shape index (κ1) is 28.7. The highest BCUT2D eigenvalue weighted by Gasteiger charge is 2.67. The van der Waals surface area contributed by atoms with E-state index >= 15 is 0 Å². The number of carbonyl (C=O) groups is 4. The summed E-state index contributed by atoms with van der Waals surface area (Å²) in [6.45, 7) is 2.31. The minimum atomic E-state index is -1.83. The van der Waals surface area contributed by atoms with E-state index < -0.39 is 41.0 Å². The normalized spacial score (nSPS) is 21.0. The number of carboxylic acids is 1. The van der Waals surface area contributed by atoms with Gasteiger partial charge < -0.3 is 31.0 Å². The Morgan fingerprint density at radius 1 is 1.38 bits per heavy atom. The van der Waals surface area contributed by atoms with Crippen molar-refractivity contribution in [1.29, 1.82) is 0 Å². The Balaban J connectivity index is 1.54. The summed E-state index contributed by atoms with van der Waals surface area (Å²) in [5.41, 5.74) is -1.56. The van der Waals surface area contributed by atoms with Gasteiger partial charge in [0.05, 0.1) is 0 Å². The molecule has 3 atom stereocenters. The van der Waals surface area contributed by atoms with Crippen molar-refractivity contribution >= 4 is 58.7 Å². The largest absolute Gasteiger partial charge is 0.594 e. The molecule has 4 heterocycles. The highest BCUT2D eigenvalue weighted by atomic mass is 32.2. The fourth-order valence-electron chi connectivity index (χ4n) is 4.05. The van der Waals surface area contributed by atoms with Crippen molar-refractivity contribution in [3.05, 3.63) is 57.2 Å². The van der Waals surface area contributed by atoms with Crippen molar-refractivity contribution in [2.45, 2.75) is 35.5 Å². The van der Waals surface area contributed by atoms with E-state index in [1.807, 2.05) is 6.92 Å². The number of thiophene rings is 1. The van der Waals surface area contributed by atoms with Gasteiger partial charge in [0.2, 0.25) is 6.20 Å². The predicted molar refractivity (Wildman–Crippen MR) is 143 cm³/mol. The first-order chi connectivity index (χ1) is 18.7. The zero-order valence-electron chi connectivity index (χ0n) is 20.9. The zero-order chi connectivity index (χ0) is 28.2. The Kier molecular flexibility index (Phi) is 8.99. The van der Waals surface area contributed by atoms with Crippen molar-refractivity contribution in [3.63, 3.8) is 0 Å². The molecule has 2 aliphatic rings. The second kappa shape index (κ2) is 12.2. The molecule has 4 N–H and O–H groups in total. The molecule has 16 heteroatoms. The standard InChI is InChI=1S/C23H26N6O7S3/c1-3-8-24-22(34)25-16(14-6-5-10-37-14)18(30)26-23(36-2)20(33)29-17(19(31)32)13(12-39-21(23)29)11-38-15-7-4-9-28(35)27-15/h4-7,9-10,16,21H,3,8,11-12H2,1-2H3,(H,26,30)(H,31,32)(H2,24,25,34)/t16?,21?,23-/m0/s1. The van der Waals surface area contributed by atoms with Crippen molar-refractivity contribution in [1.82, 2.24) is 25.9 Å². The summed E-state index contributed by atoms with van der Waals surface area (Å²) in [6, 6.07) is 4.92. The lowest BCUT2D eigenvalue weighted by molar-refractivity contribution is -0.672. The third-order valence-corrected chi connectivity index (χ3v) is 9.21. The Labute approximate surface area is 235 Å². The number of hydrogen-bond donors (Lipinski definition) is 4. The molecule has 0 bridgehead atoms. The van der Waals surface area contributed by atoms with Gasteiger partial charge in [-0.05, 0) is 29.5 Å². The topological polar surface area (TPSA) is 177 Å². The van der Waals surface area contributed by atoms with E-state index in [1.54, 1.807) is 23.6 Å². The van der Waals surface area contributed by atoms with Gasteiger partial charge in [-0.3, -0.25) is 14.5 Å². The van der Waals surface area contributed by atoms with Gasteiger partial charge in [-0.1, -0.05) is 29.6 Å². The molecule has 0 spiro atoms. The van der Waals surface area contributed by atoms with Crippen LogP contribution in [0.1, 0.15) is 24.3 Å². The van der Waals surface area contributed by atoms with Gasteiger partial charge in [-0.25, -0.2) is 9.59 Å². The van der Waals surface area contributed by atoms with Crippen molar-refractivity contribution in [2.24, 2.45) is 0 Å². The lowest BCUT2D eigenvalue weighted by atomic mass is 9.97. The van der Waals surface area contributed by atoms with E-state index in [9.17, 15) is 29.5 Å². The van der Waals surface area contributed by atoms with Gasteiger partial charge in [0.15, 0.2) is 5.03 Å². The van der Waals surface area contributed by atoms with Crippen LogP contribution >= 0.6 is 34.9 Å². The maximum atomic E-state index is 13.5. The first-order valence-corrected chi connectivity index (χ1v) is 14.7. The maximum absolute atomic E-state index is 13.5. The number of methoxy groups -OCH3 is 1. The van der Waals surface area contributed by atoms with Gasteiger partial charge in [-0.15, -0.1) is 23.1 Å². The number of rotatable bonds is 11. The summed E-state index contributed by atoms with van der Waals surface area (Å²) in [6.07, 6.45) is 1.94.